The lowest BCUT2D eigenvalue weighted by Gasteiger charge is -2.30. The van der Waals surface area contributed by atoms with Gasteiger partial charge in [-0.3, -0.25) is 4.90 Å². The molecular formula is C15H18BrFN2S. The number of nitrogens with zero attached hydrogens (tertiary/aromatic N) is 1. The van der Waals surface area contributed by atoms with E-state index in [1.54, 1.807) is 11.3 Å². The van der Waals surface area contributed by atoms with Crippen molar-refractivity contribution in [2.75, 3.05) is 7.05 Å². The highest BCUT2D eigenvalue weighted by atomic mass is 79.9. The Morgan fingerprint density at radius 1 is 1.35 bits per heavy atom. The van der Waals surface area contributed by atoms with Crippen LogP contribution in [0.25, 0.3) is 0 Å². The van der Waals surface area contributed by atoms with E-state index in [4.69, 9.17) is 5.73 Å². The third-order valence-electron chi connectivity index (χ3n) is 3.20. The molecule has 0 saturated heterocycles. The zero-order chi connectivity index (χ0) is 14.7. The fourth-order valence-electron chi connectivity index (χ4n) is 2.34. The van der Waals surface area contributed by atoms with Crippen molar-refractivity contribution in [1.82, 2.24) is 4.90 Å². The molecule has 20 heavy (non-hydrogen) atoms. The molecule has 0 radical (unpaired) electrons. The van der Waals surface area contributed by atoms with Crippen LogP contribution < -0.4 is 5.73 Å². The number of nitrogens with two attached hydrogens (primary N) is 1. The van der Waals surface area contributed by atoms with Gasteiger partial charge in [0.05, 0.1) is 6.04 Å². The van der Waals surface area contributed by atoms with Gasteiger partial charge in [0.2, 0.25) is 0 Å². The first kappa shape index (κ1) is 15.6. The molecule has 0 aliphatic carbocycles. The summed E-state index contributed by atoms with van der Waals surface area (Å²) in [4.78, 5) is 3.44. The van der Waals surface area contributed by atoms with E-state index in [2.05, 4.69) is 32.3 Å². The van der Waals surface area contributed by atoms with Crippen molar-refractivity contribution in [3.63, 3.8) is 0 Å². The van der Waals surface area contributed by atoms with E-state index >= 15 is 0 Å². The van der Waals surface area contributed by atoms with Gasteiger partial charge >= 0.3 is 0 Å². The summed E-state index contributed by atoms with van der Waals surface area (Å²) in [6.07, 6.45) is 0. The number of likely N-dealkylation sites (N-methyl/N-ethyl adjacent to an activating group) is 1. The molecule has 2 N–H and O–H groups in total. The lowest BCUT2D eigenvalue weighted by Crippen LogP contribution is -2.36. The fraction of sp³-hybridized carbons (Fsp3) is 0.333. The van der Waals surface area contributed by atoms with E-state index in [1.807, 2.05) is 26.1 Å². The first-order chi connectivity index (χ1) is 9.47. The van der Waals surface area contributed by atoms with Crippen molar-refractivity contribution in [3.8, 4) is 0 Å². The van der Waals surface area contributed by atoms with Crippen LogP contribution in [0.15, 0.2) is 40.2 Å². The first-order valence-corrected chi connectivity index (χ1v) is 8.09. The fourth-order valence-corrected chi connectivity index (χ4v) is 4.06. The van der Waals surface area contributed by atoms with Crippen LogP contribution in [0.4, 0.5) is 4.39 Å². The summed E-state index contributed by atoms with van der Waals surface area (Å²) in [5.74, 6) is -0.206. The van der Waals surface area contributed by atoms with Gasteiger partial charge in [-0.1, -0.05) is 12.1 Å². The highest BCUT2D eigenvalue weighted by Gasteiger charge is 2.22. The lowest BCUT2D eigenvalue weighted by molar-refractivity contribution is 0.214. The standard InChI is InChI=1S/C15H18BrFN2S/c1-10(18)15(14-7-12(16)9-20-14)19(2)8-11-3-5-13(17)6-4-11/h3-7,9-10,15H,8,18H2,1-2H3. The average Bonchev–Trinajstić information content (AvgIpc) is 2.78. The van der Waals surface area contributed by atoms with E-state index in [9.17, 15) is 4.39 Å². The molecule has 2 atom stereocenters. The molecule has 0 saturated carbocycles. The quantitative estimate of drug-likeness (QED) is 0.870. The monoisotopic (exact) mass is 356 g/mol. The molecule has 0 aliphatic heterocycles. The Morgan fingerprint density at radius 3 is 2.50 bits per heavy atom. The van der Waals surface area contributed by atoms with Gasteiger partial charge in [0.15, 0.2) is 0 Å². The van der Waals surface area contributed by atoms with Gasteiger partial charge in [-0.2, -0.15) is 0 Å². The van der Waals surface area contributed by atoms with Crippen molar-refractivity contribution >= 4 is 27.3 Å². The maximum Gasteiger partial charge on any atom is 0.123 e. The molecular weight excluding hydrogens is 339 g/mol. The Labute approximate surface area is 131 Å². The zero-order valence-corrected chi connectivity index (χ0v) is 13.9. The molecule has 2 nitrogen and oxygen atoms in total. The lowest BCUT2D eigenvalue weighted by atomic mass is 10.1. The van der Waals surface area contributed by atoms with E-state index in [1.165, 1.54) is 17.0 Å². The second kappa shape index (κ2) is 6.80. The molecule has 2 aromatic rings. The van der Waals surface area contributed by atoms with Gasteiger partial charge < -0.3 is 5.73 Å². The molecule has 5 heteroatoms. The van der Waals surface area contributed by atoms with Gasteiger partial charge in [-0.15, -0.1) is 11.3 Å². The summed E-state index contributed by atoms with van der Waals surface area (Å²) >= 11 is 5.18. The topological polar surface area (TPSA) is 29.3 Å². The first-order valence-electron chi connectivity index (χ1n) is 6.41. The molecule has 2 rings (SSSR count). The van der Waals surface area contributed by atoms with Crippen molar-refractivity contribution < 1.29 is 4.39 Å². The SMILES string of the molecule is CC(N)C(c1cc(Br)cs1)N(C)Cc1ccc(F)cc1. The Hall–Kier alpha value is -0.750. The van der Waals surface area contributed by atoms with Gasteiger partial charge in [0, 0.05) is 27.3 Å². The van der Waals surface area contributed by atoms with E-state index in [0.29, 0.717) is 0 Å². The van der Waals surface area contributed by atoms with Crippen LogP contribution in [-0.2, 0) is 6.54 Å². The number of hydrogen-bond acceptors (Lipinski definition) is 3. The van der Waals surface area contributed by atoms with Crippen molar-refractivity contribution in [2.45, 2.75) is 25.6 Å². The largest absolute Gasteiger partial charge is 0.326 e. The van der Waals surface area contributed by atoms with Crippen LogP contribution in [0.5, 0.6) is 0 Å². The number of halogens is 2. The Morgan fingerprint density at radius 2 is 2.00 bits per heavy atom. The number of thiophene rings is 1. The highest BCUT2D eigenvalue weighted by Crippen LogP contribution is 2.31. The predicted octanol–water partition coefficient (Wildman–Crippen LogP) is 4.17. The summed E-state index contributed by atoms with van der Waals surface area (Å²) in [7, 11) is 2.05. The normalized spacial score (nSPS) is 14.5. The van der Waals surface area contributed by atoms with Crippen molar-refractivity contribution in [3.05, 3.63) is 56.4 Å². The third-order valence-corrected chi connectivity index (χ3v) is 4.96. The minimum atomic E-state index is -0.206. The minimum Gasteiger partial charge on any atom is -0.326 e. The number of benzene rings is 1. The molecule has 1 aromatic heterocycles. The summed E-state index contributed by atoms with van der Waals surface area (Å²) in [6.45, 7) is 2.75. The van der Waals surface area contributed by atoms with Gasteiger partial charge in [-0.25, -0.2) is 4.39 Å². The zero-order valence-electron chi connectivity index (χ0n) is 11.5. The van der Waals surface area contributed by atoms with Crippen LogP contribution in [-0.4, -0.2) is 18.0 Å². The molecule has 1 heterocycles. The molecule has 1 aromatic carbocycles. The Balaban J connectivity index is 2.15. The maximum absolute atomic E-state index is 12.9. The van der Waals surface area contributed by atoms with Gasteiger partial charge in [0.1, 0.15) is 5.82 Å². The summed E-state index contributed by atoms with van der Waals surface area (Å²) in [5, 5.41) is 2.07. The van der Waals surface area contributed by atoms with E-state index in [-0.39, 0.29) is 17.9 Å². The summed E-state index contributed by atoms with van der Waals surface area (Å²) in [5.41, 5.74) is 7.23. The van der Waals surface area contributed by atoms with Gasteiger partial charge in [0.25, 0.3) is 0 Å². The van der Waals surface area contributed by atoms with Crippen LogP contribution in [0, 0.1) is 5.82 Å². The second-order valence-electron chi connectivity index (χ2n) is 5.01. The molecule has 0 spiro atoms. The van der Waals surface area contributed by atoms with Crippen LogP contribution in [0.2, 0.25) is 0 Å². The van der Waals surface area contributed by atoms with Crippen molar-refractivity contribution in [1.29, 1.82) is 0 Å². The van der Waals surface area contributed by atoms with E-state index < -0.39 is 0 Å². The van der Waals surface area contributed by atoms with Crippen molar-refractivity contribution in [2.24, 2.45) is 5.73 Å². The van der Waals surface area contributed by atoms with Crippen LogP contribution in [0.3, 0.4) is 0 Å². The Kier molecular flexibility index (Phi) is 5.32. The summed E-state index contributed by atoms with van der Waals surface area (Å²) < 4.78 is 14.0. The molecule has 0 fully saturated rings. The molecule has 0 aliphatic rings. The highest BCUT2D eigenvalue weighted by molar-refractivity contribution is 9.10. The second-order valence-corrected chi connectivity index (χ2v) is 6.87. The molecule has 0 amide bonds. The maximum atomic E-state index is 12.9. The van der Waals surface area contributed by atoms with E-state index in [0.717, 1.165) is 16.6 Å². The smallest absolute Gasteiger partial charge is 0.123 e. The van der Waals surface area contributed by atoms with Crippen LogP contribution >= 0.6 is 27.3 Å². The number of hydrogen-bond donors (Lipinski definition) is 1. The molecule has 0 bridgehead atoms. The molecule has 108 valence electrons. The van der Waals surface area contributed by atoms with Crippen LogP contribution in [0.1, 0.15) is 23.4 Å². The third kappa shape index (κ3) is 3.88. The van der Waals surface area contributed by atoms with Gasteiger partial charge in [-0.05, 0) is 53.7 Å². The minimum absolute atomic E-state index is 0.0194. The number of rotatable bonds is 5. The molecule has 2 unspecified atom stereocenters. The average molecular weight is 357 g/mol. The predicted molar refractivity (Wildman–Crippen MR) is 86.3 cm³/mol. The summed E-state index contributed by atoms with van der Waals surface area (Å²) in [6, 6.07) is 8.89. The Bertz CT molecular complexity index is 553.